The van der Waals surface area contributed by atoms with Crippen molar-refractivity contribution in [2.45, 2.75) is 6.54 Å². The molecule has 4 rings (SSSR count). The van der Waals surface area contributed by atoms with Gasteiger partial charge in [-0.1, -0.05) is 29.0 Å². The Morgan fingerprint density at radius 3 is 2.62 bits per heavy atom. The van der Waals surface area contributed by atoms with Gasteiger partial charge in [-0.15, -0.1) is 0 Å². The van der Waals surface area contributed by atoms with Crippen LogP contribution in [0.15, 0.2) is 66.9 Å². The number of carbonyl (C=O) groups is 1. The summed E-state index contributed by atoms with van der Waals surface area (Å²) in [5.41, 5.74) is 1.67. The highest BCUT2D eigenvalue weighted by Gasteiger charge is 2.23. The maximum atomic E-state index is 13.2. The van der Waals surface area contributed by atoms with E-state index in [0.717, 1.165) is 10.2 Å². The predicted octanol–water partition coefficient (Wildman–Crippen LogP) is 5.10. The molecule has 0 spiro atoms. The number of amides is 1. The van der Waals surface area contributed by atoms with Gasteiger partial charge in [-0.3, -0.25) is 24.8 Å². The number of hydrogen-bond acceptors (Lipinski definition) is 6. The topological polar surface area (TPSA) is 89.2 Å². The molecule has 0 radical (unpaired) electrons. The van der Waals surface area contributed by atoms with Gasteiger partial charge in [-0.05, 0) is 42.5 Å². The number of nitro benzene ring substituents is 1. The van der Waals surface area contributed by atoms with E-state index in [1.54, 1.807) is 30.5 Å². The number of fused-ring (bicyclic) bond motifs is 1. The molecule has 7 nitrogen and oxygen atoms in total. The van der Waals surface area contributed by atoms with Crippen molar-refractivity contribution < 1.29 is 9.72 Å². The molecule has 0 aliphatic heterocycles. The summed E-state index contributed by atoms with van der Waals surface area (Å²) in [5.74, 6) is -0.323. The van der Waals surface area contributed by atoms with Gasteiger partial charge < -0.3 is 0 Å². The van der Waals surface area contributed by atoms with Crippen LogP contribution < -0.4 is 4.90 Å². The molecule has 29 heavy (non-hydrogen) atoms. The van der Waals surface area contributed by atoms with Crippen LogP contribution in [0, 0.1) is 10.1 Å². The summed E-state index contributed by atoms with van der Waals surface area (Å²) in [6, 6.07) is 16.3. The zero-order valence-corrected chi connectivity index (χ0v) is 16.4. The van der Waals surface area contributed by atoms with Crippen LogP contribution in [0.5, 0.6) is 0 Å². The minimum absolute atomic E-state index is 0.0764. The molecule has 4 aromatic rings. The molecule has 2 aromatic heterocycles. The molecule has 2 aromatic carbocycles. The molecular weight excluding hydrogens is 412 g/mol. The van der Waals surface area contributed by atoms with Crippen molar-refractivity contribution in [3.05, 3.63) is 93.3 Å². The van der Waals surface area contributed by atoms with E-state index in [4.69, 9.17) is 11.6 Å². The number of rotatable bonds is 5. The van der Waals surface area contributed by atoms with Crippen LogP contribution in [0.4, 0.5) is 10.8 Å². The third kappa shape index (κ3) is 4.08. The lowest BCUT2D eigenvalue weighted by molar-refractivity contribution is -0.384. The maximum absolute atomic E-state index is 13.2. The number of anilines is 1. The van der Waals surface area contributed by atoms with Gasteiger partial charge in [0.25, 0.3) is 11.6 Å². The quantitative estimate of drug-likeness (QED) is 0.328. The van der Waals surface area contributed by atoms with E-state index < -0.39 is 4.92 Å². The van der Waals surface area contributed by atoms with Crippen molar-refractivity contribution in [1.29, 1.82) is 0 Å². The normalized spacial score (nSPS) is 10.8. The van der Waals surface area contributed by atoms with Crippen LogP contribution in [-0.4, -0.2) is 20.8 Å². The fraction of sp³-hybridized carbons (Fsp3) is 0.0500. The molecule has 144 valence electrons. The molecule has 0 atom stereocenters. The van der Waals surface area contributed by atoms with E-state index in [2.05, 4.69) is 9.97 Å². The average Bonchev–Trinajstić information content (AvgIpc) is 3.15. The van der Waals surface area contributed by atoms with Gasteiger partial charge in [0.2, 0.25) is 0 Å². The molecule has 0 fully saturated rings. The first-order chi connectivity index (χ1) is 14.0. The van der Waals surface area contributed by atoms with Crippen LogP contribution >= 0.6 is 22.9 Å². The average molecular weight is 425 g/mol. The van der Waals surface area contributed by atoms with Crippen molar-refractivity contribution in [2.24, 2.45) is 0 Å². The highest BCUT2D eigenvalue weighted by molar-refractivity contribution is 7.22. The largest absolute Gasteiger partial charge is 0.278 e. The number of hydrogen-bond donors (Lipinski definition) is 0. The standard InChI is InChI=1S/C20H13ClN4O3S/c21-14-6-9-17-18(11-14)29-20(23-17)24(12-15-3-1-2-10-22-15)19(26)13-4-7-16(8-5-13)25(27)28/h1-11H,12H2. The maximum Gasteiger partial charge on any atom is 0.269 e. The zero-order valence-electron chi connectivity index (χ0n) is 14.9. The molecule has 0 aliphatic rings. The van der Waals surface area contributed by atoms with Gasteiger partial charge in [0.15, 0.2) is 5.13 Å². The van der Waals surface area contributed by atoms with E-state index in [-0.39, 0.29) is 18.1 Å². The van der Waals surface area contributed by atoms with Crippen molar-refractivity contribution in [2.75, 3.05) is 4.90 Å². The summed E-state index contributed by atoms with van der Waals surface area (Å²) in [6.07, 6.45) is 1.65. The number of non-ortho nitro benzene ring substituents is 1. The Labute approximate surface area is 174 Å². The predicted molar refractivity (Wildman–Crippen MR) is 112 cm³/mol. The van der Waals surface area contributed by atoms with E-state index in [9.17, 15) is 14.9 Å². The molecule has 2 heterocycles. The lowest BCUT2D eigenvalue weighted by Crippen LogP contribution is -2.30. The van der Waals surface area contributed by atoms with E-state index in [0.29, 0.717) is 21.4 Å². The van der Waals surface area contributed by atoms with Gasteiger partial charge >= 0.3 is 0 Å². The molecule has 0 saturated carbocycles. The Morgan fingerprint density at radius 2 is 1.93 bits per heavy atom. The number of aromatic nitrogens is 2. The highest BCUT2D eigenvalue weighted by atomic mass is 35.5. The fourth-order valence-corrected chi connectivity index (χ4v) is 4.00. The van der Waals surface area contributed by atoms with Crippen LogP contribution in [-0.2, 0) is 6.54 Å². The molecule has 1 amide bonds. The summed E-state index contributed by atoms with van der Waals surface area (Å²) in [6.45, 7) is 0.213. The van der Waals surface area contributed by atoms with Crippen molar-refractivity contribution in [3.63, 3.8) is 0 Å². The van der Waals surface area contributed by atoms with E-state index in [1.807, 2.05) is 12.1 Å². The number of benzene rings is 2. The van der Waals surface area contributed by atoms with Crippen LogP contribution in [0.3, 0.4) is 0 Å². The van der Waals surface area contributed by atoms with Crippen LogP contribution in [0.25, 0.3) is 10.2 Å². The second kappa shape index (κ2) is 7.94. The van der Waals surface area contributed by atoms with Crippen molar-refractivity contribution >= 4 is 49.9 Å². The zero-order chi connectivity index (χ0) is 20.4. The van der Waals surface area contributed by atoms with Crippen LogP contribution in [0.1, 0.15) is 16.1 Å². The number of pyridine rings is 1. The third-order valence-electron chi connectivity index (χ3n) is 4.19. The lowest BCUT2D eigenvalue weighted by Gasteiger charge is -2.19. The minimum atomic E-state index is -0.503. The second-order valence-corrected chi connectivity index (χ2v) is 7.57. The summed E-state index contributed by atoms with van der Waals surface area (Å²) in [5, 5.41) is 12.0. The Balaban J connectivity index is 1.74. The Bertz CT molecular complexity index is 1200. The van der Waals surface area contributed by atoms with Gasteiger partial charge in [0, 0.05) is 28.9 Å². The molecule has 0 bridgehead atoms. The highest BCUT2D eigenvalue weighted by Crippen LogP contribution is 2.32. The smallest absolute Gasteiger partial charge is 0.269 e. The number of carbonyl (C=O) groups excluding carboxylic acids is 1. The first-order valence-corrected chi connectivity index (χ1v) is 9.73. The molecule has 0 saturated heterocycles. The summed E-state index contributed by atoms with van der Waals surface area (Å²) in [4.78, 5) is 34.0. The first-order valence-electron chi connectivity index (χ1n) is 8.53. The second-order valence-electron chi connectivity index (χ2n) is 6.12. The van der Waals surface area contributed by atoms with Crippen molar-refractivity contribution in [1.82, 2.24) is 9.97 Å². The van der Waals surface area contributed by atoms with Gasteiger partial charge in [-0.25, -0.2) is 4.98 Å². The lowest BCUT2D eigenvalue weighted by atomic mass is 10.2. The summed E-state index contributed by atoms with van der Waals surface area (Å²) < 4.78 is 0.857. The molecule has 0 aliphatic carbocycles. The summed E-state index contributed by atoms with van der Waals surface area (Å²) in [7, 11) is 0. The monoisotopic (exact) mass is 424 g/mol. The third-order valence-corrected chi connectivity index (χ3v) is 5.46. The van der Waals surface area contributed by atoms with E-state index >= 15 is 0 Å². The van der Waals surface area contributed by atoms with Gasteiger partial charge in [0.1, 0.15) is 0 Å². The Kier molecular flexibility index (Phi) is 5.20. The van der Waals surface area contributed by atoms with Crippen LogP contribution in [0.2, 0.25) is 5.02 Å². The van der Waals surface area contributed by atoms with Crippen molar-refractivity contribution in [3.8, 4) is 0 Å². The fourth-order valence-electron chi connectivity index (χ4n) is 2.76. The SMILES string of the molecule is O=C(c1ccc([N+](=O)[O-])cc1)N(Cc1ccccn1)c1nc2ccc(Cl)cc2s1. The first kappa shape index (κ1) is 19.0. The molecule has 0 unspecified atom stereocenters. The van der Waals surface area contributed by atoms with Gasteiger partial charge in [-0.2, -0.15) is 0 Å². The molecule has 9 heteroatoms. The number of nitro groups is 1. The summed E-state index contributed by atoms with van der Waals surface area (Å²) >= 11 is 7.41. The Hall–Kier alpha value is -3.36. The van der Waals surface area contributed by atoms with E-state index in [1.165, 1.54) is 40.5 Å². The number of thiazole rings is 1. The Morgan fingerprint density at radius 1 is 1.14 bits per heavy atom. The molecule has 0 N–H and O–H groups in total. The minimum Gasteiger partial charge on any atom is -0.278 e. The number of halogens is 1. The number of nitrogens with zero attached hydrogens (tertiary/aromatic N) is 4. The molecular formula is C20H13ClN4O3S. The van der Waals surface area contributed by atoms with Gasteiger partial charge in [0.05, 0.1) is 27.4 Å².